The molecule has 2 heterocycles. The smallest absolute Gasteiger partial charge is 0.407 e. The lowest BCUT2D eigenvalue weighted by molar-refractivity contribution is -0.0259. The molecule has 1 aromatic carbocycles. The van der Waals surface area contributed by atoms with Crippen LogP contribution in [0.2, 0.25) is 0 Å². The van der Waals surface area contributed by atoms with Crippen LogP contribution in [0.5, 0.6) is 0 Å². The summed E-state index contributed by atoms with van der Waals surface area (Å²) in [6.07, 6.45) is 0.164. The van der Waals surface area contributed by atoms with Crippen molar-refractivity contribution in [3.8, 4) is 0 Å². The second kappa shape index (κ2) is 11.4. The number of carbonyl (C=O) groups excluding carboxylic acids is 2. The number of nitrogens with zero attached hydrogens (tertiary/aromatic N) is 2. The third-order valence-corrected chi connectivity index (χ3v) is 5.71. The third-order valence-electron chi connectivity index (χ3n) is 5.71. The first-order valence-corrected chi connectivity index (χ1v) is 11.1. The van der Waals surface area contributed by atoms with Crippen molar-refractivity contribution in [2.24, 2.45) is 0 Å². The molecular weight excluding hydrogens is 424 g/mol. The molecule has 0 saturated carbocycles. The summed E-state index contributed by atoms with van der Waals surface area (Å²) in [7, 11) is 1.52. The van der Waals surface area contributed by atoms with Crippen molar-refractivity contribution in [2.75, 3.05) is 33.3 Å². The van der Waals surface area contributed by atoms with E-state index in [1.807, 2.05) is 37.3 Å². The number of carboxylic acid groups (broad SMARTS) is 1. The molecule has 0 radical (unpaired) electrons. The number of hydrogen-bond donors (Lipinski definition) is 3. The summed E-state index contributed by atoms with van der Waals surface area (Å²) >= 11 is 0. The topological polar surface area (TPSA) is 121 Å². The molecule has 1 aliphatic heterocycles. The Morgan fingerprint density at radius 3 is 2.67 bits per heavy atom. The Labute approximate surface area is 193 Å². The highest BCUT2D eigenvalue weighted by Gasteiger charge is 2.23. The van der Waals surface area contributed by atoms with Gasteiger partial charge in [-0.05, 0) is 30.5 Å². The van der Waals surface area contributed by atoms with Crippen LogP contribution in [-0.4, -0.2) is 72.3 Å². The fraction of sp³-hybridized carbons (Fsp3) is 0.417. The number of morpholine rings is 1. The highest BCUT2D eigenvalue weighted by Crippen LogP contribution is 2.23. The zero-order valence-corrected chi connectivity index (χ0v) is 18.9. The summed E-state index contributed by atoms with van der Waals surface area (Å²) in [6, 6.07) is 13.0. The summed E-state index contributed by atoms with van der Waals surface area (Å²) in [4.78, 5) is 42.0. The third kappa shape index (κ3) is 6.52. The minimum atomic E-state index is -0.943. The van der Waals surface area contributed by atoms with Crippen LogP contribution < -0.4 is 10.6 Å². The number of aromatic nitrogens is 1. The standard InChI is InChI=1S/C24H30N4O5/c1-16(17-7-4-3-5-8-17)20-13-18(14-21(27-20)23(30)25-2)22(29)26-10-6-9-19-15-28(24(31)32)11-12-33-19/h3-5,7-8,13-14,16,19H,6,9-12,15H2,1-2H3,(H,25,30)(H,26,29)(H,31,32)/t16-,19?/m0/s1. The van der Waals surface area contributed by atoms with Crippen molar-refractivity contribution in [2.45, 2.75) is 31.8 Å². The summed E-state index contributed by atoms with van der Waals surface area (Å²) in [5, 5.41) is 14.6. The second-order valence-electron chi connectivity index (χ2n) is 8.00. The summed E-state index contributed by atoms with van der Waals surface area (Å²) < 4.78 is 5.62. The first kappa shape index (κ1) is 24.2. The molecule has 1 unspecified atom stereocenters. The molecule has 9 heteroatoms. The van der Waals surface area contributed by atoms with Crippen LogP contribution in [0.1, 0.15) is 57.8 Å². The SMILES string of the molecule is CNC(=O)c1cc(C(=O)NCCCC2CN(C(=O)O)CCO2)cc([C@@H](C)c2ccccc2)n1. The van der Waals surface area contributed by atoms with Crippen molar-refractivity contribution >= 4 is 17.9 Å². The van der Waals surface area contributed by atoms with E-state index in [0.717, 1.165) is 5.56 Å². The highest BCUT2D eigenvalue weighted by molar-refractivity contribution is 5.98. The molecule has 1 saturated heterocycles. The maximum absolute atomic E-state index is 12.8. The minimum absolute atomic E-state index is 0.0945. The van der Waals surface area contributed by atoms with E-state index in [2.05, 4.69) is 15.6 Å². The van der Waals surface area contributed by atoms with Gasteiger partial charge < -0.3 is 25.4 Å². The van der Waals surface area contributed by atoms with Gasteiger partial charge in [0, 0.05) is 37.3 Å². The Morgan fingerprint density at radius 1 is 1.21 bits per heavy atom. The zero-order chi connectivity index (χ0) is 23.8. The zero-order valence-electron chi connectivity index (χ0n) is 18.9. The van der Waals surface area contributed by atoms with Gasteiger partial charge in [0.25, 0.3) is 11.8 Å². The fourth-order valence-corrected chi connectivity index (χ4v) is 3.76. The van der Waals surface area contributed by atoms with Crippen molar-refractivity contribution in [1.82, 2.24) is 20.5 Å². The fourth-order valence-electron chi connectivity index (χ4n) is 3.76. The van der Waals surface area contributed by atoms with E-state index in [0.29, 0.717) is 50.3 Å². The number of rotatable bonds is 8. The monoisotopic (exact) mass is 454 g/mol. The first-order chi connectivity index (χ1) is 15.9. The molecule has 3 amide bonds. The van der Waals surface area contributed by atoms with Gasteiger partial charge in [-0.25, -0.2) is 9.78 Å². The molecule has 3 N–H and O–H groups in total. The normalized spacial score (nSPS) is 16.7. The van der Waals surface area contributed by atoms with E-state index in [4.69, 9.17) is 9.84 Å². The molecule has 176 valence electrons. The molecule has 9 nitrogen and oxygen atoms in total. The van der Waals surface area contributed by atoms with Gasteiger partial charge in [-0.3, -0.25) is 9.59 Å². The van der Waals surface area contributed by atoms with Crippen LogP contribution >= 0.6 is 0 Å². The number of benzene rings is 1. The molecule has 2 atom stereocenters. The van der Waals surface area contributed by atoms with Crippen LogP contribution in [0.4, 0.5) is 4.79 Å². The van der Waals surface area contributed by atoms with Crippen molar-refractivity contribution in [3.63, 3.8) is 0 Å². The molecule has 1 aromatic heterocycles. The molecule has 33 heavy (non-hydrogen) atoms. The van der Waals surface area contributed by atoms with Crippen LogP contribution in [0.25, 0.3) is 0 Å². The molecular formula is C24H30N4O5. The molecule has 2 aromatic rings. The summed E-state index contributed by atoms with van der Waals surface area (Å²) in [5.74, 6) is -0.743. The molecule has 0 aliphatic carbocycles. The van der Waals surface area contributed by atoms with E-state index in [1.54, 1.807) is 6.07 Å². The number of carbonyl (C=O) groups is 3. The highest BCUT2D eigenvalue weighted by atomic mass is 16.5. The molecule has 0 spiro atoms. The van der Waals surface area contributed by atoms with Gasteiger partial charge in [-0.1, -0.05) is 37.3 Å². The quantitative estimate of drug-likeness (QED) is 0.527. The Kier molecular flexibility index (Phi) is 8.37. The lowest BCUT2D eigenvalue weighted by Gasteiger charge is -2.31. The average Bonchev–Trinajstić information content (AvgIpc) is 2.85. The first-order valence-electron chi connectivity index (χ1n) is 11.1. The van der Waals surface area contributed by atoms with Gasteiger partial charge in [0.1, 0.15) is 5.69 Å². The number of amides is 3. The Morgan fingerprint density at radius 2 is 1.97 bits per heavy atom. The van der Waals surface area contributed by atoms with E-state index >= 15 is 0 Å². The molecule has 1 aliphatic rings. The lowest BCUT2D eigenvalue weighted by atomic mass is 9.96. The van der Waals surface area contributed by atoms with Crippen LogP contribution in [0, 0.1) is 0 Å². The maximum Gasteiger partial charge on any atom is 0.407 e. The van der Waals surface area contributed by atoms with Crippen molar-refractivity contribution < 1.29 is 24.2 Å². The largest absolute Gasteiger partial charge is 0.465 e. The Bertz CT molecular complexity index is 982. The number of hydrogen-bond acceptors (Lipinski definition) is 5. The van der Waals surface area contributed by atoms with Gasteiger partial charge in [-0.2, -0.15) is 0 Å². The van der Waals surface area contributed by atoms with E-state index < -0.39 is 6.09 Å². The van der Waals surface area contributed by atoms with Gasteiger partial charge in [0.2, 0.25) is 0 Å². The minimum Gasteiger partial charge on any atom is -0.465 e. The van der Waals surface area contributed by atoms with Gasteiger partial charge in [-0.15, -0.1) is 0 Å². The molecule has 0 bridgehead atoms. The van der Waals surface area contributed by atoms with Gasteiger partial charge >= 0.3 is 6.09 Å². The van der Waals surface area contributed by atoms with Gasteiger partial charge in [0.05, 0.1) is 19.3 Å². The summed E-state index contributed by atoms with van der Waals surface area (Å²) in [5.41, 5.74) is 2.23. The van der Waals surface area contributed by atoms with E-state index in [9.17, 15) is 14.4 Å². The van der Waals surface area contributed by atoms with Gasteiger partial charge in [0.15, 0.2) is 0 Å². The predicted molar refractivity (Wildman–Crippen MR) is 122 cm³/mol. The number of nitrogens with one attached hydrogen (secondary N) is 2. The van der Waals surface area contributed by atoms with Crippen molar-refractivity contribution in [3.05, 3.63) is 65.0 Å². The molecule has 3 rings (SSSR count). The van der Waals surface area contributed by atoms with E-state index in [-0.39, 0.29) is 29.5 Å². The van der Waals surface area contributed by atoms with Crippen LogP contribution in [0.15, 0.2) is 42.5 Å². The number of pyridine rings is 1. The summed E-state index contributed by atoms with van der Waals surface area (Å²) in [6.45, 7) is 3.49. The van der Waals surface area contributed by atoms with Crippen LogP contribution in [0.3, 0.4) is 0 Å². The predicted octanol–water partition coefficient (Wildman–Crippen LogP) is 2.48. The molecule has 1 fully saturated rings. The lowest BCUT2D eigenvalue weighted by Crippen LogP contribution is -2.45. The Hall–Kier alpha value is -3.46. The number of ether oxygens (including phenoxy) is 1. The van der Waals surface area contributed by atoms with Crippen LogP contribution in [-0.2, 0) is 4.74 Å². The van der Waals surface area contributed by atoms with Crippen molar-refractivity contribution in [1.29, 1.82) is 0 Å². The average molecular weight is 455 g/mol. The maximum atomic E-state index is 12.8. The van der Waals surface area contributed by atoms with E-state index in [1.165, 1.54) is 18.0 Å². The Balaban J connectivity index is 1.64. The second-order valence-corrected chi connectivity index (χ2v) is 8.00.